The molecule has 0 saturated carbocycles. The zero-order valence-corrected chi connectivity index (χ0v) is 7.64. The highest BCUT2D eigenvalue weighted by atomic mass is 32.2. The SMILES string of the molecule is COC(=O)CS(=O)OC(C)C. The number of carbonyl (C=O) groups excluding carboxylic acids is 1. The summed E-state index contributed by atoms with van der Waals surface area (Å²) in [7, 11) is 1.24. The minimum Gasteiger partial charge on any atom is -0.468 e. The minimum atomic E-state index is -1.55. The Hall–Kier alpha value is -0.420. The number of ether oxygens (including phenoxy) is 1. The Bertz CT molecular complexity index is 155. The van der Waals surface area contributed by atoms with E-state index in [1.54, 1.807) is 13.8 Å². The Kier molecular flexibility index (Phi) is 5.06. The van der Waals surface area contributed by atoms with E-state index in [0.717, 1.165) is 0 Å². The van der Waals surface area contributed by atoms with Gasteiger partial charge < -0.3 is 4.74 Å². The van der Waals surface area contributed by atoms with E-state index in [1.807, 2.05) is 0 Å². The molecule has 1 atom stereocenters. The smallest absolute Gasteiger partial charge is 0.320 e. The third-order valence-corrected chi connectivity index (χ3v) is 1.83. The molecule has 0 N–H and O–H groups in total. The van der Waals surface area contributed by atoms with Crippen molar-refractivity contribution in [3.8, 4) is 0 Å². The van der Waals surface area contributed by atoms with Crippen LogP contribution in [0.25, 0.3) is 0 Å². The second kappa shape index (κ2) is 5.26. The van der Waals surface area contributed by atoms with Gasteiger partial charge in [0.1, 0.15) is 5.75 Å². The van der Waals surface area contributed by atoms with Gasteiger partial charge in [-0.15, -0.1) is 0 Å². The van der Waals surface area contributed by atoms with Crippen molar-refractivity contribution in [2.45, 2.75) is 20.0 Å². The molecule has 11 heavy (non-hydrogen) atoms. The second-order valence-electron chi connectivity index (χ2n) is 2.17. The lowest BCUT2D eigenvalue weighted by Crippen LogP contribution is -2.16. The molecule has 0 fully saturated rings. The summed E-state index contributed by atoms with van der Waals surface area (Å²) in [6.45, 7) is 3.49. The summed E-state index contributed by atoms with van der Waals surface area (Å²) in [6, 6.07) is 0. The van der Waals surface area contributed by atoms with E-state index in [2.05, 4.69) is 4.74 Å². The van der Waals surface area contributed by atoms with Crippen LogP contribution < -0.4 is 0 Å². The van der Waals surface area contributed by atoms with Crippen molar-refractivity contribution in [3.63, 3.8) is 0 Å². The van der Waals surface area contributed by atoms with Crippen LogP contribution in [0.5, 0.6) is 0 Å². The third-order valence-electron chi connectivity index (χ3n) is 0.763. The first-order valence-electron chi connectivity index (χ1n) is 3.18. The number of esters is 1. The molecule has 5 heteroatoms. The Labute approximate surface area is 68.5 Å². The molecule has 0 saturated heterocycles. The highest BCUT2D eigenvalue weighted by Gasteiger charge is 2.09. The topological polar surface area (TPSA) is 52.6 Å². The fourth-order valence-corrected chi connectivity index (χ4v) is 1.21. The van der Waals surface area contributed by atoms with Crippen molar-refractivity contribution in [2.75, 3.05) is 12.9 Å². The van der Waals surface area contributed by atoms with Crippen LogP contribution in [0.1, 0.15) is 13.8 Å². The maximum absolute atomic E-state index is 10.8. The summed E-state index contributed by atoms with van der Waals surface area (Å²) >= 11 is -1.55. The standard InChI is InChI=1S/C6H12O4S/c1-5(2)10-11(8)4-6(7)9-3/h5H,4H2,1-3H3. The van der Waals surface area contributed by atoms with Crippen LogP contribution in [0.4, 0.5) is 0 Å². The van der Waals surface area contributed by atoms with Crippen molar-refractivity contribution in [3.05, 3.63) is 0 Å². The first kappa shape index (κ1) is 10.6. The van der Waals surface area contributed by atoms with Gasteiger partial charge in [-0.05, 0) is 13.8 Å². The maximum Gasteiger partial charge on any atom is 0.320 e. The van der Waals surface area contributed by atoms with Crippen molar-refractivity contribution in [1.82, 2.24) is 0 Å². The molecule has 0 rings (SSSR count). The molecule has 0 bridgehead atoms. The Morgan fingerprint density at radius 3 is 2.45 bits per heavy atom. The Morgan fingerprint density at radius 1 is 1.55 bits per heavy atom. The van der Waals surface area contributed by atoms with Crippen LogP contribution in [0.2, 0.25) is 0 Å². The molecule has 0 spiro atoms. The molecular formula is C6H12O4S. The average molecular weight is 180 g/mol. The van der Waals surface area contributed by atoms with E-state index in [4.69, 9.17) is 4.18 Å². The van der Waals surface area contributed by atoms with Gasteiger partial charge in [0, 0.05) is 0 Å². The summed E-state index contributed by atoms with van der Waals surface area (Å²) in [5.74, 6) is -0.724. The minimum absolute atomic E-state index is 0.138. The molecule has 0 aliphatic carbocycles. The van der Waals surface area contributed by atoms with E-state index in [0.29, 0.717) is 0 Å². The van der Waals surface area contributed by atoms with Crippen LogP contribution in [0.3, 0.4) is 0 Å². The maximum atomic E-state index is 10.8. The predicted octanol–water partition coefficient (Wildman–Crippen LogP) is 0.248. The van der Waals surface area contributed by atoms with E-state index in [9.17, 15) is 9.00 Å². The highest BCUT2D eigenvalue weighted by Crippen LogP contribution is 1.94. The zero-order chi connectivity index (χ0) is 8.85. The number of carbonyl (C=O) groups is 1. The van der Waals surface area contributed by atoms with Crippen LogP contribution in [-0.2, 0) is 24.8 Å². The largest absolute Gasteiger partial charge is 0.468 e. The summed E-state index contributed by atoms with van der Waals surface area (Å²) < 4.78 is 19.9. The van der Waals surface area contributed by atoms with Gasteiger partial charge in [0.15, 0.2) is 11.1 Å². The van der Waals surface area contributed by atoms with Crippen molar-refractivity contribution >= 4 is 17.0 Å². The fourth-order valence-electron chi connectivity index (χ4n) is 0.404. The van der Waals surface area contributed by atoms with E-state index in [1.165, 1.54) is 7.11 Å². The molecule has 4 nitrogen and oxygen atoms in total. The van der Waals surface area contributed by atoms with Crippen LogP contribution in [0.15, 0.2) is 0 Å². The molecule has 0 amide bonds. The van der Waals surface area contributed by atoms with Gasteiger partial charge in [0.05, 0.1) is 13.2 Å². The van der Waals surface area contributed by atoms with E-state index >= 15 is 0 Å². The molecular weight excluding hydrogens is 168 g/mol. The molecule has 0 aliphatic heterocycles. The summed E-state index contributed by atoms with van der Waals surface area (Å²) in [5, 5.41) is 0. The number of rotatable bonds is 4. The van der Waals surface area contributed by atoms with E-state index < -0.39 is 17.0 Å². The normalized spacial score (nSPS) is 13.1. The first-order valence-corrected chi connectivity index (χ1v) is 4.43. The van der Waals surface area contributed by atoms with Crippen molar-refractivity contribution < 1.29 is 17.9 Å². The molecule has 1 unspecified atom stereocenters. The number of hydrogen-bond donors (Lipinski definition) is 0. The summed E-state index contributed by atoms with van der Waals surface area (Å²) in [4.78, 5) is 10.5. The van der Waals surface area contributed by atoms with Gasteiger partial charge in [0.25, 0.3) is 0 Å². The van der Waals surface area contributed by atoms with Crippen molar-refractivity contribution in [2.24, 2.45) is 0 Å². The molecule has 0 aromatic heterocycles. The van der Waals surface area contributed by atoms with Gasteiger partial charge in [0.2, 0.25) is 0 Å². The van der Waals surface area contributed by atoms with Crippen LogP contribution in [-0.4, -0.2) is 29.1 Å². The molecule has 0 aliphatic rings. The lowest BCUT2D eigenvalue weighted by atomic mass is 10.5. The quantitative estimate of drug-likeness (QED) is 0.582. The zero-order valence-electron chi connectivity index (χ0n) is 6.83. The second-order valence-corrected chi connectivity index (χ2v) is 3.26. The lowest BCUT2D eigenvalue weighted by molar-refractivity contribution is -0.137. The van der Waals surface area contributed by atoms with Crippen molar-refractivity contribution in [1.29, 1.82) is 0 Å². The van der Waals surface area contributed by atoms with Gasteiger partial charge in [-0.3, -0.25) is 8.98 Å². The molecule has 0 aromatic rings. The van der Waals surface area contributed by atoms with E-state index in [-0.39, 0.29) is 11.9 Å². The molecule has 0 aromatic carbocycles. The Morgan fingerprint density at radius 2 is 2.09 bits per heavy atom. The lowest BCUT2D eigenvalue weighted by Gasteiger charge is -2.04. The summed E-state index contributed by atoms with van der Waals surface area (Å²) in [6.07, 6.45) is -0.138. The predicted molar refractivity (Wildman–Crippen MR) is 41.2 cm³/mol. The molecule has 0 radical (unpaired) electrons. The highest BCUT2D eigenvalue weighted by molar-refractivity contribution is 7.80. The summed E-state index contributed by atoms with van der Waals surface area (Å²) in [5.41, 5.74) is 0. The number of hydrogen-bond acceptors (Lipinski definition) is 4. The molecule has 66 valence electrons. The van der Waals surface area contributed by atoms with Gasteiger partial charge >= 0.3 is 5.97 Å². The van der Waals surface area contributed by atoms with Gasteiger partial charge in [-0.1, -0.05) is 0 Å². The first-order chi connectivity index (χ1) is 5.06. The third kappa shape index (κ3) is 6.00. The van der Waals surface area contributed by atoms with Crippen LogP contribution >= 0.6 is 0 Å². The Balaban J connectivity index is 3.61. The van der Waals surface area contributed by atoms with Gasteiger partial charge in [-0.2, -0.15) is 0 Å². The van der Waals surface area contributed by atoms with Gasteiger partial charge in [-0.25, -0.2) is 4.21 Å². The van der Waals surface area contributed by atoms with Crippen LogP contribution in [0, 0.1) is 0 Å². The average Bonchev–Trinajstić information content (AvgIpc) is 1.85. The number of methoxy groups -OCH3 is 1. The molecule has 0 heterocycles. The monoisotopic (exact) mass is 180 g/mol. The fraction of sp³-hybridized carbons (Fsp3) is 0.833.